The van der Waals surface area contributed by atoms with Gasteiger partial charge in [0.2, 0.25) is 0 Å². The van der Waals surface area contributed by atoms with Gasteiger partial charge in [-0.05, 0) is 37.8 Å². The average molecular weight is 335 g/mol. The fraction of sp³-hybridized carbons (Fsp3) is 0.556. The van der Waals surface area contributed by atoms with Crippen LogP contribution in [0.5, 0.6) is 11.5 Å². The lowest BCUT2D eigenvalue weighted by molar-refractivity contribution is -0.141. The van der Waals surface area contributed by atoms with Crippen molar-refractivity contribution in [3.8, 4) is 11.5 Å². The zero-order chi connectivity index (χ0) is 17.7. The van der Waals surface area contributed by atoms with Crippen LogP contribution in [0.25, 0.3) is 0 Å². The van der Waals surface area contributed by atoms with Crippen LogP contribution >= 0.6 is 0 Å². The first-order chi connectivity index (χ1) is 11.5. The van der Waals surface area contributed by atoms with Crippen LogP contribution in [0.15, 0.2) is 18.2 Å². The van der Waals surface area contributed by atoms with Crippen molar-refractivity contribution in [2.75, 3.05) is 27.3 Å². The highest BCUT2D eigenvalue weighted by molar-refractivity contribution is 5.95. The molecule has 1 atom stereocenters. The number of amides is 1. The topological polar surface area (TPSA) is 65.1 Å². The lowest BCUT2D eigenvalue weighted by Gasteiger charge is -2.31. The Morgan fingerprint density at radius 3 is 2.42 bits per heavy atom. The average Bonchev–Trinajstić information content (AvgIpc) is 2.60. The van der Waals surface area contributed by atoms with Gasteiger partial charge in [0.1, 0.15) is 5.56 Å². The molecule has 0 saturated carbocycles. The van der Waals surface area contributed by atoms with Gasteiger partial charge in [0, 0.05) is 13.1 Å². The number of piperidine rings is 1. The Morgan fingerprint density at radius 2 is 1.83 bits per heavy atom. The molecule has 6 nitrogen and oxygen atoms in total. The molecule has 1 saturated heterocycles. The predicted octanol–water partition coefficient (Wildman–Crippen LogP) is 2.51. The molecule has 0 radical (unpaired) electrons. The Bertz CT molecular complexity index is 593. The molecule has 2 rings (SSSR count). The van der Waals surface area contributed by atoms with E-state index in [1.54, 1.807) is 30.0 Å². The summed E-state index contributed by atoms with van der Waals surface area (Å²) < 4.78 is 15.8. The van der Waals surface area contributed by atoms with E-state index in [1.807, 2.05) is 0 Å². The number of methoxy groups -OCH3 is 2. The highest BCUT2D eigenvalue weighted by Crippen LogP contribution is 2.31. The third-order valence-corrected chi connectivity index (χ3v) is 4.35. The maximum atomic E-state index is 12.4. The second-order valence-electron chi connectivity index (χ2n) is 6.10. The monoisotopic (exact) mass is 335 g/mol. The molecule has 1 aliphatic rings. The second-order valence-corrected chi connectivity index (χ2v) is 6.10. The van der Waals surface area contributed by atoms with Crippen molar-refractivity contribution in [1.29, 1.82) is 0 Å². The van der Waals surface area contributed by atoms with Gasteiger partial charge in [-0.3, -0.25) is 4.79 Å². The van der Waals surface area contributed by atoms with Crippen molar-refractivity contribution in [2.45, 2.75) is 32.8 Å². The number of carbonyl (C=O) groups is 2. The van der Waals surface area contributed by atoms with Gasteiger partial charge >= 0.3 is 5.97 Å². The molecule has 1 heterocycles. The molecule has 1 aromatic rings. The van der Waals surface area contributed by atoms with Crippen molar-refractivity contribution in [2.24, 2.45) is 5.92 Å². The Hall–Kier alpha value is -2.24. The van der Waals surface area contributed by atoms with Crippen LogP contribution in [0.3, 0.4) is 0 Å². The summed E-state index contributed by atoms with van der Waals surface area (Å²) in [4.78, 5) is 26.6. The van der Waals surface area contributed by atoms with Crippen LogP contribution in [0, 0.1) is 5.92 Å². The molecule has 1 amide bonds. The van der Waals surface area contributed by atoms with Crippen LogP contribution in [0.4, 0.5) is 0 Å². The number of rotatable bonds is 5. The number of likely N-dealkylation sites (tertiary alicyclic amines) is 1. The summed E-state index contributed by atoms with van der Waals surface area (Å²) in [5.41, 5.74) is 0.240. The number of para-hydroxylation sites is 1. The fourth-order valence-electron chi connectivity index (χ4n) is 2.81. The van der Waals surface area contributed by atoms with Gasteiger partial charge in [0.15, 0.2) is 17.6 Å². The minimum absolute atomic E-state index is 0.155. The van der Waals surface area contributed by atoms with Crippen molar-refractivity contribution in [3.05, 3.63) is 23.8 Å². The summed E-state index contributed by atoms with van der Waals surface area (Å²) >= 11 is 0. The highest BCUT2D eigenvalue weighted by atomic mass is 16.6. The van der Waals surface area contributed by atoms with E-state index >= 15 is 0 Å². The summed E-state index contributed by atoms with van der Waals surface area (Å²) in [6, 6.07) is 4.96. The summed E-state index contributed by atoms with van der Waals surface area (Å²) in [6.45, 7) is 5.21. The molecule has 24 heavy (non-hydrogen) atoms. The Kier molecular flexibility index (Phi) is 6.06. The lowest BCUT2D eigenvalue weighted by atomic mass is 9.99. The van der Waals surface area contributed by atoms with Crippen LogP contribution in [-0.4, -0.2) is 50.2 Å². The predicted molar refractivity (Wildman–Crippen MR) is 89.4 cm³/mol. The van der Waals surface area contributed by atoms with E-state index in [9.17, 15) is 9.59 Å². The maximum Gasteiger partial charge on any atom is 0.342 e. The number of nitrogens with zero attached hydrogens (tertiary/aromatic N) is 1. The molecule has 132 valence electrons. The molecule has 0 aliphatic carbocycles. The molecule has 1 aromatic carbocycles. The fourth-order valence-corrected chi connectivity index (χ4v) is 2.81. The van der Waals surface area contributed by atoms with Gasteiger partial charge in [-0.15, -0.1) is 0 Å². The number of benzene rings is 1. The summed E-state index contributed by atoms with van der Waals surface area (Å²) in [5.74, 6) is 0.620. The molecule has 1 aliphatic heterocycles. The number of esters is 1. The minimum Gasteiger partial charge on any atom is -0.493 e. The van der Waals surface area contributed by atoms with Crippen molar-refractivity contribution in [3.63, 3.8) is 0 Å². The van der Waals surface area contributed by atoms with E-state index in [-0.39, 0.29) is 11.5 Å². The van der Waals surface area contributed by atoms with Crippen LogP contribution in [0.1, 0.15) is 37.0 Å². The molecule has 0 spiro atoms. The molecule has 6 heteroatoms. The lowest BCUT2D eigenvalue weighted by Crippen LogP contribution is -2.44. The van der Waals surface area contributed by atoms with Crippen molar-refractivity contribution in [1.82, 2.24) is 4.90 Å². The zero-order valence-electron chi connectivity index (χ0n) is 14.7. The Morgan fingerprint density at radius 1 is 1.17 bits per heavy atom. The highest BCUT2D eigenvalue weighted by Gasteiger charge is 2.28. The third kappa shape index (κ3) is 3.99. The molecule has 0 N–H and O–H groups in total. The van der Waals surface area contributed by atoms with E-state index in [0.29, 0.717) is 30.5 Å². The van der Waals surface area contributed by atoms with Gasteiger partial charge in [0.05, 0.1) is 14.2 Å². The molecule has 1 fully saturated rings. The van der Waals surface area contributed by atoms with E-state index < -0.39 is 12.1 Å². The van der Waals surface area contributed by atoms with E-state index in [2.05, 4.69) is 6.92 Å². The Labute approximate surface area is 142 Å². The third-order valence-electron chi connectivity index (χ3n) is 4.35. The standard InChI is InChI=1S/C18H25NO5/c1-12-8-10-19(11-9-12)17(20)13(2)24-18(21)14-6-5-7-15(22-3)16(14)23-4/h5-7,12-13H,8-11H2,1-4H3. The number of ether oxygens (including phenoxy) is 3. The second kappa shape index (κ2) is 8.04. The SMILES string of the molecule is COc1cccc(C(=O)OC(C)C(=O)N2CCC(C)CC2)c1OC. The zero-order valence-corrected chi connectivity index (χ0v) is 14.7. The van der Waals surface area contributed by atoms with E-state index in [0.717, 1.165) is 12.8 Å². The first kappa shape index (κ1) is 18.1. The molecule has 1 unspecified atom stereocenters. The Balaban J connectivity index is 2.05. The minimum atomic E-state index is -0.832. The molecular formula is C18H25NO5. The normalized spacial score (nSPS) is 16.4. The van der Waals surface area contributed by atoms with Crippen molar-refractivity contribution >= 4 is 11.9 Å². The van der Waals surface area contributed by atoms with Crippen LogP contribution in [0.2, 0.25) is 0 Å². The number of carbonyl (C=O) groups excluding carboxylic acids is 2. The first-order valence-electron chi connectivity index (χ1n) is 8.18. The maximum absolute atomic E-state index is 12.4. The van der Waals surface area contributed by atoms with Gasteiger partial charge in [-0.2, -0.15) is 0 Å². The van der Waals surface area contributed by atoms with Gasteiger partial charge in [-0.1, -0.05) is 13.0 Å². The largest absolute Gasteiger partial charge is 0.493 e. The van der Waals surface area contributed by atoms with Gasteiger partial charge < -0.3 is 19.1 Å². The summed E-state index contributed by atoms with van der Waals surface area (Å²) in [7, 11) is 2.95. The quantitative estimate of drug-likeness (QED) is 0.774. The van der Waals surface area contributed by atoms with Crippen LogP contribution < -0.4 is 9.47 Å². The first-order valence-corrected chi connectivity index (χ1v) is 8.18. The van der Waals surface area contributed by atoms with E-state index in [4.69, 9.17) is 14.2 Å². The molecular weight excluding hydrogens is 310 g/mol. The van der Waals surface area contributed by atoms with Gasteiger partial charge in [-0.25, -0.2) is 4.79 Å². The van der Waals surface area contributed by atoms with Gasteiger partial charge in [0.25, 0.3) is 5.91 Å². The number of hydrogen-bond donors (Lipinski definition) is 0. The molecule has 0 aromatic heterocycles. The van der Waals surface area contributed by atoms with Crippen LogP contribution in [-0.2, 0) is 9.53 Å². The summed E-state index contributed by atoms with van der Waals surface area (Å²) in [5, 5.41) is 0. The van der Waals surface area contributed by atoms with Crippen molar-refractivity contribution < 1.29 is 23.8 Å². The molecule has 0 bridgehead atoms. The van der Waals surface area contributed by atoms with E-state index in [1.165, 1.54) is 14.2 Å². The smallest absolute Gasteiger partial charge is 0.342 e. The number of hydrogen-bond acceptors (Lipinski definition) is 5. The summed E-state index contributed by atoms with van der Waals surface area (Å²) in [6.07, 6.45) is 1.13.